The topological polar surface area (TPSA) is 28.9 Å². The number of H-pyrrole nitrogens is 1. The van der Waals surface area contributed by atoms with Crippen LogP contribution in [0.5, 0.6) is 0 Å². The molecule has 0 aliphatic heterocycles. The van der Waals surface area contributed by atoms with E-state index in [2.05, 4.69) is 4.98 Å². The molecule has 11 heavy (non-hydrogen) atoms. The van der Waals surface area contributed by atoms with Gasteiger partial charge in [0.1, 0.15) is 11.5 Å². The molecule has 0 atom stereocenters. The van der Waals surface area contributed by atoms with Crippen LogP contribution >= 0.6 is 0 Å². The van der Waals surface area contributed by atoms with Crippen molar-refractivity contribution >= 4 is 0 Å². The molecular weight excluding hydrogens is 138 g/mol. The molecule has 0 saturated carbocycles. The second-order valence-electron chi connectivity index (χ2n) is 2.49. The zero-order chi connectivity index (χ0) is 7.68. The summed E-state index contributed by atoms with van der Waals surface area (Å²) in [6.45, 7) is 1.94. The van der Waals surface area contributed by atoms with Crippen molar-refractivity contribution in [1.82, 2.24) is 4.98 Å². The van der Waals surface area contributed by atoms with Gasteiger partial charge in [0.2, 0.25) is 0 Å². The Hall–Kier alpha value is -1.44. The minimum atomic E-state index is 0.896. The molecule has 0 radical (unpaired) electrons. The summed E-state index contributed by atoms with van der Waals surface area (Å²) < 4.78 is 5.40. The highest BCUT2D eigenvalue weighted by molar-refractivity contribution is 5.52. The van der Waals surface area contributed by atoms with Crippen molar-refractivity contribution in [2.24, 2.45) is 0 Å². The summed E-state index contributed by atoms with van der Waals surface area (Å²) in [5.74, 6) is 1.84. The highest BCUT2D eigenvalue weighted by Gasteiger charge is 2.00. The number of hydrogen-bond donors (Lipinski definition) is 1. The largest absolute Gasteiger partial charge is 0.460 e. The quantitative estimate of drug-likeness (QED) is 0.659. The van der Waals surface area contributed by atoms with E-state index in [1.54, 1.807) is 0 Å². The summed E-state index contributed by atoms with van der Waals surface area (Å²) in [6.07, 6.45) is 1.88. The van der Waals surface area contributed by atoms with E-state index in [0.717, 1.165) is 17.2 Å². The molecule has 2 rings (SSSR count). The van der Waals surface area contributed by atoms with E-state index >= 15 is 0 Å². The Morgan fingerprint density at radius 1 is 1.27 bits per heavy atom. The highest BCUT2D eigenvalue weighted by atomic mass is 16.3. The first-order valence-electron chi connectivity index (χ1n) is 3.56. The fraction of sp³-hybridized carbons (Fsp3) is 0.111. The molecule has 2 nitrogen and oxygen atoms in total. The average Bonchev–Trinajstić information content (AvgIpc) is 2.55. The number of rotatable bonds is 1. The lowest BCUT2D eigenvalue weighted by Gasteiger charge is -1.88. The van der Waals surface area contributed by atoms with Crippen LogP contribution in [0.3, 0.4) is 0 Å². The first-order chi connectivity index (χ1) is 5.36. The van der Waals surface area contributed by atoms with Crippen LogP contribution in [0.25, 0.3) is 11.5 Å². The number of nitrogens with one attached hydrogen (secondary N) is 1. The average molecular weight is 147 g/mol. The van der Waals surface area contributed by atoms with Crippen molar-refractivity contribution in [2.75, 3.05) is 0 Å². The first kappa shape index (κ1) is 6.28. The first-order valence-corrected chi connectivity index (χ1v) is 3.56. The van der Waals surface area contributed by atoms with Gasteiger partial charge in [-0.3, -0.25) is 0 Å². The van der Waals surface area contributed by atoms with Crippen LogP contribution in [0.1, 0.15) is 5.76 Å². The molecule has 0 spiro atoms. The van der Waals surface area contributed by atoms with E-state index in [-0.39, 0.29) is 0 Å². The van der Waals surface area contributed by atoms with Crippen molar-refractivity contribution in [3.05, 3.63) is 36.2 Å². The van der Waals surface area contributed by atoms with Gasteiger partial charge in [0.15, 0.2) is 0 Å². The molecule has 2 heterocycles. The second kappa shape index (κ2) is 2.31. The van der Waals surface area contributed by atoms with E-state index in [1.165, 1.54) is 0 Å². The number of aryl methyl sites for hydroxylation is 1. The lowest BCUT2D eigenvalue weighted by Crippen LogP contribution is -1.68. The molecule has 0 aliphatic rings. The van der Waals surface area contributed by atoms with Gasteiger partial charge in [0, 0.05) is 6.20 Å². The monoisotopic (exact) mass is 147 g/mol. The summed E-state index contributed by atoms with van der Waals surface area (Å²) >= 11 is 0. The molecule has 0 saturated heterocycles. The Kier molecular flexibility index (Phi) is 1.32. The van der Waals surface area contributed by atoms with Crippen LogP contribution in [-0.4, -0.2) is 4.98 Å². The third-order valence-corrected chi connectivity index (χ3v) is 1.60. The minimum absolute atomic E-state index is 0.896. The van der Waals surface area contributed by atoms with E-state index in [1.807, 2.05) is 37.4 Å². The number of hydrogen-bond acceptors (Lipinski definition) is 1. The van der Waals surface area contributed by atoms with Crippen LogP contribution in [-0.2, 0) is 0 Å². The zero-order valence-electron chi connectivity index (χ0n) is 6.29. The molecule has 1 N–H and O–H groups in total. The molecule has 56 valence electrons. The van der Waals surface area contributed by atoms with E-state index in [4.69, 9.17) is 4.42 Å². The summed E-state index contributed by atoms with van der Waals surface area (Å²) in [4.78, 5) is 3.07. The molecule has 2 aromatic heterocycles. The van der Waals surface area contributed by atoms with Crippen molar-refractivity contribution < 1.29 is 4.42 Å². The van der Waals surface area contributed by atoms with Gasteiger partial charge >= 0.3 is 0 Å². The van der Waals surface area contributed by atoms with Crippen LogP contribution < -0.4 is 0 Å². The molecule has 0 bridgehead atoms. The van der Waals surface area contributed by atoms with Crippen molar-refractivity contribution in [3.63, 3.8) is 0 Å². The Labute approximate surface area is 64.9 Å². The van der Waals surface area contributed by atoms with E-state index in [0.29, 0.717) is 0 Å². The van der Waals surface area contributed by atoms with Crippen molar-refractivity contribution in [2.45, 2.75) is 6.92 Å². The standard InChI is InChI=1S/C9H9NO/c1-7-4-5-9(11-7)8-3-2-6-10-8/h2-6,10H,1H3. The lowest BCUT2D eigenvalue weighted by atomic mass is 10.3. The fourth-order valence-electron chi connectivity index (χ4n) is 1.06. The lowest BCUT2D eigenvalue weighted by molar-refractivity contribution is 0.547. The summed E-state index contributed by atoms with van der Waals surface area (Å²) in [6, 6.07) is 7.85. The third kappa shape index (κ3) is 1.07. The summed E-state index contributed by atoms with van der Waals surface area (Å²) in [5.41, 5.74) is 1.03. The second-order valence-corrected chi connectivity index (χ2v) is 2.49. The Morgan fingerprint density at radius 2 is 2.18 bits per heavy atom. The predicted octanol–water partition coefficient (Wildman–Crippen LogP) is 2.58. The molecule has 2 heteroatoms. The minimum Gasteiger partial charge on any atom is -0.460 e. The van der Waals surface area contributed by atoms with Gasteiger partial charge in [-0.1, -0.05) is 0 Å². The SMILES string of the molecule is Cc1ccc(-c2ccc[nH]2)o1. The van der Waals surface area contributed by atoms with Crippen LogP contribution in [0.2, 0.25) is 0 Å². The van der Waals surface area contributed by atoms with Crippen LogP contribution in [0.4, 0.5) is 0 Å². The maximum Gasteiger partial charge on any atom is 0.150 e. The van der Waals surface area contributed by atoms with Gasteiger partial charge in [-0.05, 0) is 31.2 Å². The van der Waals surface area contributed by atoms with Gasteiger partial charge in [-0.2, -0.15) is 0 Å². The number of aromatic nitrogens is 1. The molecule has 0 amide bonds. The molecular formula is C9H9NO. The highest BCUT2D eigenvalue weighted by Crippen LogP contribution is 2.18. The van der Waals surface area contributed by atoms with Crippen LogP contribution in [0, 0.1) is 6.92 Å². The number of furan rings is 1. The van der Waals surface area contributed by atoms with Crippen LogP contribution in [0.15, 0.2) is 34.9 Å². The summed E-state index contributed by atoms with van der Waals surface area (Å²) in [7, 11) is 0. The maximum absolute atomic E-state index is 5.40. The Morgan fingerprint density at radius 3 is 2.73 bits per heavy atom. The van der Waals surface area contributed by atoms with Gasteiger partial charge in [-0.25, -0.2) is 0 Å². The Bertz CT molecular complexity index is 332. The molecule has 0 aliphatic carbocycles. The number of aromatic amines is 1. The molecule has 2 aromatic rings. The van der Waals surface area contributed by atoms with Gasteiger partial charge in [0.05, 0.1) is 5.69 Å². The smallest absolute Gasteiger partial charge is 0.150 e. The fourth-order valence-corrected chi connectivity index (χ4v) is 1.06. The predicted molar refractivity (Wildman–Crippen MR) is 43.2 cm³/mol. The zero-order valence-corrected chi connectivity index (χ0v) is 6.29. The van der Waals surface area contributed by atoms with Gasteiger partial charge in [0.25, 0.3) is 0 Å². The summed E-state index contributed by atoms with van der Waals surface area (Å²) in [5, 5.41) is 0. The van der Waals surface area contributed by atoms with Gasteiger partial charge < -0.3 is 9.40 Å². The van der Waals surface area contributed by atoms with Crippen molar-refractivity contribution in [1.29, 1.82) is 0 Å². The molecule has 0 unspecified atom stereocenters. The van der Waals surface area contributed by atoms with Crippen molar-refractivity contribution in [3.8, 4) is 11.5 Å². The third-order valence-electron chi connectivity index (χ3n) is 1.60. The molecule has 0 fully saturated rings. The Balaban J connectivity index is 2.45. The van der Waals surface area contributed by atoms with E-state index in [9.17, 15) is 0 Å². The van der Waals surface area contributed by atoms with Gasteiger partial charge in [-0.15, -0.1) is 0 Å². The molecule has 0 aromatic carbocycles. The maximum atomic E-state index is 5.40. The van der Waals surface area contributed by atoms with E-state index < -0.39 is 0 Å². The normalized spacial score (nSPS) is 10.3.